The minimum atomic E-state index is -0.404. The van der Waals surface area contributed by atoms with Crippen LogP contribution < -0.4 is 5.32 Å². The first-order chi connectivity index (χ1) is 11.6. The van der Waals surface area contributed by atoms with Gasteiger partial charge in [0, 0.05) is 31.9 Å². The van der Waals surface area contributed by atoms with Gasteiger partial charge in [-0.15, -0.1) is 0 Å². The van der Waals surface area contributed by atoms with E-state index in [9.17, 15) is 9.59 Å². The molecule has 7 nitrogen and oxygen atoms in total. The molecule has 1 aromatic rings. The van der Waals surface area contributed by atoms with E-state index in [-0.39, 0.29) is 17.7 Å². The van der Waals surface area contributed by atoms with Crippen LogP contribution in [0.25, 0.3) is 0 Å². The van der Waals surface area contributed by atoms with E-state index in [2.05, 4.69) is 10.3 Å². The fraction of sp³-hybridized carbons (Fsp3) is 0.706. The summed E-state index contributed by atoms with van der Waals surface area (Å²) in [5, 5.41) is 3.06. The summed E-state index contributed by atoms with van der Waals surface area (Å²) in [6.07, 6.45) is 5.39. The SMILES string of the molecule is CC(C)C(=O)N1Cc2cncn2[C@@H](C(=O)NCC2CCOCC2)C1. The van der Waals surface area contributed by atoms with Gasteiger partial charge in [-0.25, -0.2) is 4.98 Å². The van der Waals surface area contributed by atoms with Gasteiger partial charge in [-0.1, -0.05) is 13.8 Å². The number of imidazole rings is 1. The molecule has 24 heavy (non-hydrogen) atoms. The van der Waals surface area contributed by atoms with Crippen LogP contribution in [0.1, 0.15) is 38.4 Å². The predicted octanol–water partition coefficient (Wildman–Crippen LogP) is 0.965. The lowest BCUT2D eigenvalue weighted by atomic mass is 10.0. The Morgan fingerprint density at radius 3 is 2.83 bits per heavy atom. The molecule has 0 aromatic carbocycles. The van der Waals surface area contributed by atoms with Crippen molar-refractivity contribution in [3.63, 3.8) is 0 Å². The van der Waals surface area contributed by atoms with E-state index < -0.39 is 6.04 Å². The van der Waals surface area contributed by atoms with E-state index in [1.165, 1.54) is 0 Å². The summed E-state index contributed by atoms with van der Waals surface area (Å²) in [7, 11) is 0. The number of nitrogens with zero attached hydrogens (tertiary/aromatic N) is 3. The lowest BCUT2D eigenvalue weighted by Crippen LogP contribution is -2.48. The number of hydrogen-bond acceptors (Lipinski definition) is 4. The molecule has 2 aliphatic rings. The molecule has 0 radical (unpaired) electrons. The van der Waals surface area contributed by atoms with Crippen LogP contribution in [0.2, 0.25) is 0 Å². The van der Waals surface area contributed by atoms with Crippen LogP contribution in [-0.4, -0.2) is 52.6 Å². The molecule has 1 aromatic heterocycles. The third-order valence-electron chi connectivity index (χ3n) is 4.84. The van der Waals surface area contributed by atoms with Gasteiger partial charge < -0.3 is 19.5 Å². The van der Waals surface area contributed by atoms with Gasteiger partial charge in [0.05, 0.1) is 25.1 Å². The van der Waals surface area contributed by atoms with Gasteiger partial charge in [0.1, 0.15) is 6.04 Å². The number of hydrogen-bond donors (Lipinski definition) is 1. The maximum Gasteiger partial charge on any atom is 0.244 e. The molecular formula is C17H26N4O3. The van der Waals surface area contributed by atoms with Gasteiger partial charge in [0.15, 0.2) is 0 Å². The van der Waals surface area contributed by atoms with Gasteiger partial charge in [-0.3, -0.25) is 9.59 Å². The zero-order chi connectivity index (χ0) is 17.1. The molecule has 1 N–H and O–H groups in total. The minimum absolute atomic E-state index is 0.0398. The highest BCUT2D eigenvalue weighted by atomic mass is 16.5. The molecule has 132 valence electrons. The van der Waals surface area contributed by atoms with E-state index in [0.29, 0.717) is 25.6 Å². The third kappa shape index (κ3) is 3.61. The van der Waals surface area contributed by atoms with Gasteiger partial charge in [0.2, 0.25) is 11.8 Å². The molecule has 3 heterocycles. The molecule has 1 fully saturated rings. The Balaban J connectivity index is 1.66. The highest BCUT2D eigenvalue weighted by Crippen LogP contribution is 2.23. The van der Waals surface area contributed by atoms with Crippen molar-refractivity contribution in [2.24, 2.45) is 11.8 Å². The fourth-order valence-electron chi connectivity index (χ4n) is 3.35. The molecule has 0 aliphatic carbocycles. The number of carbonyl (C=O) groups is 2. The Morgan fingerprint density at radius 2 is 2.12 bits per heavy atom. The number of carbonyl (C=O) groups excluding carboxylic acids is 2. The van der Waals surface area contributed by atoms with E-state index >= 15 is 0 Å². The second-order valence-electron chi connectivity index (χ2n) is 6.98. The van der Waals surface area contributed by atoms with Crippen LogP contribution in [0.5, 0.6) is 0 Å². The highest BCUT2D eigenvalue weighted by molar-refractivity contribution is 5.83. The number of nitrogens with one attached hydrogen (secondary N) is 1. The largest absolute Gasteiger partial charge is 0.381 e. The van der Waals surface area contributed by atoms with E-state index in [0.717, 1.165) is 31.7 Å². The monoisotopic (exact) mass is 334 g/mol. The number of fused-ring (bicyclic) bond motifs is 1. The molecule has 0 spiro atoms. The maximum absolute atomic E-state index is 12.7. The molecular weight excluding hydrogens is 308 g/mol. The van der Waals surface area contributed by atoms with Crippen molar-refractivity contribution in [2.75, 3.05) is 26.3 Å². The summed E-state index contributed by atoms with van der Waals surface area (Å²) in [4.78, 5) is 31.0. The van der Waals surface area contributed by atoms with Crippen molar-refractivity contribution in [2.45, 2.75) is 39.3 Å². The third-order valence-corrected chi connectivity index (χ3v) is 4.84. The Hall–Kier alpha value is -1.89. The summed E-state index contributed by atoms with van der Waals surface area (Å²) in [5.41, 5.74) is 0.904. The molecule has 0 unspecified atom stereocenters. The van der Waals surface area contributed by atoms with Gasteiger partial charge in [-0.2, -0.15) is 0 Å². The summed E-state index contributed by atoms with van der Waals surface area (Å²) < 4.78 is 7.24. The Bertz CT molecular complexity index is 592. The topological polar surface area (TPSA) is 76.5 Å². The zero-order valence-corrected chi connectivity index (χ0v) is 14.4. The first kappa shape index (κ1) is 17.0. The van der Waals surface area contributed by atoms with Crippen molar-refractivity contribution in [3.05, 3.63) is 18.2 Å². The molecule has 0 bridgehead atoms. The number of amides is 2. The van der Waals surface area contributed by atoms with Gasteiger partial charge >= 0.3 is 0 Å². The quantitative estimate of drug-likeness (QED) is 0.890. The lowest BCUT2D eigenvalue weighted by molar-refractivity contribution is -0.138. The van der Waals surface area contributed by atoms with Crippen LogP contribution in [0.4, 0.5) is 0 Å². The summed E-state index contributed by atoms with van der Waals surface area (Å²) in [5.74, 6) is 0.430. The maximum atomic E-state index is 12.7. The van der Waals surface area contributed by atoms with Gasteiger partial charge in [-0.05, 0) is 18.8 Å². The standard InChI is InChI=1S/C17H26N4O3/c1-12(2)17(23)20-9-14-8-18-11-21(14)15(10-20)16(22)19-7-13-3-5-24-6-4-13/h8,11-13,15H,3-7,9-10H2,1-2H3,(H,19,22)/t15-/m1/s1. The molecule has 7 heteroatoms. The van der Waals surface area contributed by atoms with Crippen molar-refractivity contribution in [1.82, 2.24) is 19.8 Å². The average molecular weight is 334 g/mol. The molecule has 1 atom stereocenters. The molecule has 2 aliphatic heterocycles. The molecule has 0 saturated carbocycles. The smallest absolute Gasteiger partial charge is 0.244 e. The second kappa shape index (κ2) is 7.34. The Labute approximate surface area is 142 Å². The molecule has 3 rings (SSSR count). The van der Waals surface area contributed by atoms with Crippen LogP contribution in [0, 0.1) is 11.8 Å². The first-order valence-corrected chi connectivity index (χ1v) is 8.71. The average Bonchev–Trinajstić information content (AvgIpc) is 3.07. The van der Waals surface area contributed by atoms with Crippen molar-refractivity contribution < 1.29 is 14.3 Å². The number of rotatable bonds is 4. The van der Waals surface area contributed by atoms with E-state index in [1.54, 1.807) is 17.4 Å². The Kier molecular flexibility index (Phi) is 5.18. The second-order valence-corrected chi connectivity index (χ2v) is 6.98. The summed E-state index contributed by atoms with van der Waals surface area (Å²) in [6, 6.07) is -0.404. The number of ether oxygens (including phenoxy) is 1. The highest BCUT2D eigenvalue weighted by Gasteiger charge is 2.33. The number of aromatic nitrogens is 2. The van der Waals surface area contributed by atoms with Crippen LogP contribution >= 0.6 is 0 Å². The van der Waals surface area contributed by atoms with E-state index in [1.807, 2.05) is 18.4 Å². The zero-order valence-electron chi connectivity index (χ0n) is 14.4. The predicted molar refractivity (Wildman–Crippen MR) is 88.1 cm³/mol. The molecule has 1 saturated heterocycles. The fourth-order valence-corrected chi connectivity index (χ4v) is 3.35. The normalized spacial score (nSPS) is 21.6. The van der Waals surface area contributed by atoms with Crippen molar-refractivity contribution >= 4 is 11.8 Å². The van der Waals surface area contributed by atoms with Crippen LogP contribution in [0.15, 0.2) is 12.5 Å². The van der Waals surface area contributed by atoms with Crippen molar-refractivity contribution in [3.8, 4) is 0 Å². The Morgan fingerprint density at radius 1 is 1.38 bits per heavy atom. The van der Waals surface area contributed by atoms with Crippen LogP contribution in [-0.2, 0) is 20.9 Å². The minimum Gasteiger partial charge on any atom is -0.381 e. The molecule has 2 amide bonds. The van der Waals surface area contributed by atoms with Crippen molar-refractivity contribution in [1.29, 1.82) is 0 Å². The van der Waals surface area contributed by atoms with Gasteiger partial charge in [0.25, 0.3) is 0 Å². The van der Waals surface area contributed by atoms with E-state index in [4.69, 9.17) is 4.74 Å². The lowest BCUT2D eigenvalue weighted by Gasteiger charge is -2.35. The first-order valence-electron chi connectivity index (χ1n) is 8.71. The summed E-state index contributed by atoms with van der Waals surface area (Å²) in [6.45, 7) is 6.89. The van der Waals surface area contributed by atoms with Crippen LogP contribution in [0.3, 0.4) is 0 Å². The summed E-state index contributed by atoms with van der Waals surface area (Å²) >= 11 is 0.